The average molecular weight is 349 g/mol. The molecule has 1 aromatic heterocycles. The van der Waals surface area contributed by atoms with Gasteiger partial charge in [0.2, 0.25) is 5.91 Å². The number of hydrogen-bond acceptors (Lipinski definition) is 3. The molecule has 0 saturated heterocycles. The fourth-order valence-electron chi connectivity index (χ4n) is 3.60. The molecular weight excluding hydrogens is 330 g/mol. The number of amides is 2. The lowest BCUT2D eigenvalue weighted by Crippen LogP contribution is -2.45. The van der Waals surface area contributed by atoms with Gasteiger partial charge in [-0.25, -0.2) is 0 Å². The number of rotatable bonds is 3. The number of H-pyrrole nitrogens is 1. The minimum atomic E-state index is -0.756. The summed E-state index contributed by atoms with van der Waals surface area (Å²) in [5.41, 5.74) is 8.74. The van der Waals surface area contributed by atoms with E-state index in [4.69, 9.17) is 10.5 Å². The monoisotopic (exact) mass is 349 g/mol. The van der Waals surface area contributed by atoms with Crippen molar-refractivity contribution in [2.24, 2.45) is 5.73 Å². The van der Waals surface area contributed by atoms with Gasteiger partial charge >= 0.3 is 0 Å². The number of hydrogen-bond donors (Lipinski definition) is 2. The van der Waals surface area contributed by atoms with Gasteiger partial charge in [-0.1, -0.05) is 24.3 Å². The van der Waals surface area contributed by atoms with E-state index in [2.05, 4.69) is 4.98 Å². The summed E-state index contributed by atoms with van der Waals surface area (Å²) in [5, 5.41) is 0.905. The third-order valence-electron chi connectivity index (χ3n) is 4.87. The number of methoxy groups -OCH3 is 1. The first-order valence-electron chi connectivity index (χ1n) is 8.43. The van der Waals surface area contributed by atoms with Crippen LogP contribution in [0.3, 0.4) is 0 Å². The second-order valence-electron chi connectivity index (χ2n) is 6.39. The molecule has 6 nitrogen and oxygen atoms in total. The van der Waals surface area contributed by atoms with E-state index in [-0.39, 0.29) is 5.91 Å². The van der Waals surface area contributed by atoms with E-state index in [9.17, 15) is 9.59 Å². The predicted molar refractivity (Wildman–Crippen MR) is 98.0 cm³/mol. The van der Waals surface area contributed by atoms with E-state index in [1.807, 2.05) is 42.5 Å². The van der Waals surface area contributed by atoms with Crippen LogP contribution in [0.2, 0.25) is 0 Å². The number of ether oxygens (including phenoxy) is 1. The van der Waals surface area contributed by atoms with Crippen LogP contribution in [0.25, 0.3) is 10.9 Å². The molecule has 0 saturated carbocycles. The molecule has 0 radical (unpaired) electrons. The first kappa shape index (κ1) is 16.2. The van der Waals surface area contributed by atoms with E-state index in [1.165, 1.54) is 0 Å². The smallest absolute Gasteiger partial charge is 0.271 e. The Morgan fingerprint density at radius 2 is 2.00 bits per heavy atom. The van der Waals surface area contributed by atoms with E-state index in [0.717, 1.165) is 22.0 Å². The Morgan fingerprint density at radius 3 is 2.77 bits per heavy atom. The highest BCUT2D eigenvalue weighted by molar-refractivity contribution is 6.00. The molecule has 3 aromatic rings. The van der Waals surface area contributed by atoms with Gasteiger partial charge in [0.05, 0.1) is 7.11 Å². The summed E-state index contributed by atoms with van der Waals surface area (Å²) in [6.07, 6.45) is 0.694. The second-order valence-corrected chi connectivity index (χ2v) is 6.39. The van der Waals surface area contributed by atoms with E-state index in [0.29, 0.717) is 24.4 Å². The van der Waals surface area contributed by atoms with Crippen LogP contribution in [-0.4, -0.2) is 35.4 Å². The number of fused-ring (bicyclic) bond motifs is 2. The molecule has 132 valence electrons. The van der Waals surface area contributed by atoms with Crippen molar-refractivity contribution in [3.8, 4) is 5.75 Å². The molecule has 0 fully saturated rings. The van der Waals surface area contributed by atoms with Crippen LogP contribution >= 0.6 is 0 Å². The summed E-state index contributed by atoms with van der Waals surface area (Å²) in [7, 11) is 1.60. The summed E-state index contributed by atoms with van der Waals surface area (Å²) in [5.74, 6) is -0.0537. The Labute approximate surface area is 150 Å². The topological polar surface area (TPSA) is 88.4 Å². The molecule has 3 N–H and O–H groups in total. The Kier molecular flexibility index (Phi) is 3.88. The van der Waals surface area contributed by atoms with Crippen molar-refractivity contribution in [3.05, 3.63) is 65.4 Å². The number of carbonyl (C=O) groups is 2. The maximum atomic E-state index is 13.1. The minimum absolute atomic E-state index is 0.238. The van der Waals surface area contributed by atoms with Crippen LogP contribution in [0.15, 0.2) is 48.5 Å². The molecule has 2 aromatic carbocycles. The fourth-order valence-corrected chi connectivity index (χ4v) is 3.60. The first-order valence-corrected chi connectivity index (χ1v) is 8.43. The Balaban J connectivity index is 1.72. The lowest BCUT2D eigenvalue weighted by atomic mass is 9.92. The molecule has 2 heterocycles. The summed E-state index contributed by atoms with van der Waals surface area (Å²) in [6.45, 7) is 0.447. The van der Waals surface area contributed by atoms with Gasteiger partial charge in [-0.2, -0.15) is 0 Å². The molecule has 0 bridgehead atoms. The van der Waals surface area contributed by atoms with Gasteiger partial charge in [-0.3, -0.25) is 9.59 Å². The number of nitrogens with two attached hydrogens (primary N) is 1. The van der Waals surface area contributed by atoms with Crippen molar-refractivity contribution in [1.29, 1.82) is 0 Å². The molecule has 1 aliphatic heterocycles. The number of nitrogens with one attached hydrogen (secondary N) is 1. The predicted octanol–water partition coefficient (Wildman–Crippen LogP) is 2.40. The summed E-state index contributed by atoms with van der Waals surface area (Å²) < 4.78 is 5.22. The van der Waals surface area contributed by atoms with Crippen LogP contribution in [0, 0.1) is 0 Å². The minimum Gasteiger partial charge on any atom is -0.497 e. The van der Waals surface area contributed by atoms with Gasteiger partial charge in [0.1, 0.15) is 17.5 Å². The average Bonchev–Trinajstić information content (AvgIpc) is 3.09. The van der Waals surface area contributed by atoms with Gasteiger partial charge < -0.3 is 20.4 Å². The summed E-state index contributed by atoms with van der Waals surface area (Å²) >= 11 is 0. The van der Waals surface area contributed by atoms with Crippen molar-refractivity contribution in [3.63, 3.8) is 0 Å². The third kappa shape index (κ3) is 2.60. The van der Waals surface area contributed by atoms with Gasteiger partial charge in [-0.05, 0) is 35.7 Å². The van der Waals surface area contributed by atoms with Crippen molar-refractivity contribution >= 4 is 22.7 Å². The van der Waals surface area contributed by atoms with Crippen molar-refractivity contribution < 1.29 is 14.3 Å². The number of nitrogens with zero attached hydrogens (tertiary/aromatic N) is 1. The highest BCUT2D eigenvalue weighted by atomic mass is 16.5. The standard InChI is InChI=1S/C20H19N3O3/c1-26-14-7-6-13-10-17(22-16(13)11-14)20(25)23-9-8-12-4-2-3-5-15(12)18(23)19(21)24/h2-7,10-11,18,22H,8-9H2,1H3,(H2,21,24)/t18-/m0/s1. The van der Waals surface area contributed by atoms with Crippen LogP contribution < -0.4 is 10.5 Å². The first-order chi connectivity index (χ1) is 12.6. The Hall–Kier alpha value is -3.28. The number of carbonyl (C=O) groups excluding carboxylic acids is 2. The highest BCUT2D eigenvalue weighted by Gasteiger charge is 2.35. The maximum Gasteiger partial charge on any atom is 0.271 e. The van der Waals surface area contributed by atoms with Gasteiger partial charge in [0, 0.05) is 23.5 Å². The molecule has 0 unspecified atom stereocenters. The Bertz CT molecular complexity index is 1010. The van der Waals surface area contributed by atoms with Crippen LogP contribution in [0.5, 0.6) is 5.75 Å². The van der Waals surface area contributed by atoms with Crippen LogP contribution in [-0.2, 0) is 11.2 Å². The zero-order valence-electron chi connectivity index (χ0n) is 14.4. The van der Waals surface area contributed by atoms with Gasteiger partial charge in [0.25, 0.3) is 5.91 Å². The number of benzene rings is 2. The highest BCUT2D eigenvalue weighted by Crippen LogP contribution is 2.31. The van der Waals surface area contributed by atoms with E-state index in [1.54, 1.807) is 18.1 Å². The lowest BCUT2D eigenvalue weighted by Gasteiger charge is -2.35. The molecule has 0 spiro atoms. The molecular formula is C20H19N3O3. The molecule has 1 atom stereocenters. The van der Waals surface area contributed by atoms with Crippen LogP contribution in [0.4, 0.5) is 0 Å². The summed E-state index contributed by atoms with van der Waals surface area (Å²) in [4.78, 5) is 29.9. The zero-order chi connectivity index (χ0) is 18.3. The van der Waals surface area contributed by atoms with Gasteiger partial charge in [0.15, 0.2) is 0 Å². The molecule has 26 heavy (non-hydrogen) atoms. The van der Waals surface area contributed by atoms with E-state index >= 15 is 0 Å². The molecule has 4 rings (SSSR count). The number of aromatic nitrogens is 1. The Morgan fingerprint density at radius 1 is 1.19 bits per heavy atom. The SMILES string of the molecule is COc1ccc2cc(C(=O)N3CCc4ccccc4[C@H]3C(N)=O)[nH]c2c1. The molecule has 2 amide bonds. The number of aromatic amines is 1. The zero-order valence-corrected chi connectivity index (χ0v) is 14.4. The number of primary amides is 1. The molecule has 6 heteroatoms. The summed E-state index contributed by atoms with van der Waals surface area (Å²) in [6, 6.07) is 14.2. The van der Waals surface area contributed by atoms with Crippen molar-refractivity contribution in [2.45, 2.75) is 12.5 Å². The largest absolute Gasteiger partial charge is 0.497 e. The lowest BCUT2D eigenvalue weighted by molar-refractivity contribution is -0.123. The third-order valence-corrected chi connectivity index (χ3v) is 4.87. The normalized spacial score (nSPS) is 16.3. The molecule has 0 aliphatic carbocycles. The van der Waals surface area contributed by atoms with Gasteiger partial charge in [-0.15, -0.1) is 0 Å². The molecule has 1 aliphatic rings. The quantitative estimate of drug-likeness (QED) is 0.761. The maximum absolute atomic E-state index is 13.1. The van der Waals surface area contributed by atoms with Crippen LogP contribution in [0.1, 0.15) is 27.7 Å². The second kappa shape index (κ2) is 6.22. The fraction of sp³-hybridized carbons (Fsp3) is 0.200. The van der Waals surface area contributed by atoms with Crippen molar-refractivity contribution in [2.75, 3.05) is 13.7 Å². The van der Waals surface area contributed by atoms with Crippen molar-refractivity contribution in [1.82, 2.24) is 9.88 Å². The van der Waals surface area contributed by atoms with E-state index < -0.39 is 11.9 Å².